The predicted octanol–water partition coefficient (Wildman–Crippen LogP) is 0.457. The molecule has 0 aliphatic carbocycles. The van der Waals surface area contributed by atoms with Crippen molar-refractivity contribution >= 4 is 11.8 Å². The number of imidazole rings is 1. The molecule has 1 atom stereocenters. The Bertz CT molecular complexity index is 861. The summed E-state index contributed by atoms with van der Waals surface area (Å²) in [7, 11) is 1.51. The molecule has 154 valence electrons. The number of hydrogen-bond donors (Lipinski definition) is 1. The Kier molecular flexibility index (Phi) is 5.59. The van der Waals surface area contributed by atoms with E-state index in [1.54, 1.807) is 23.5 Å². The lowest BCUT2D eigenvalue weighted by Crippen LogP contribution is -2.55. The quantitative estimate of drug-likeness (QED) is 0.784. The van der Waals surface area contributed by atoms with Crippen LogP contribution in [0.1, 0.15) is 24.2 Å². The van der Waals surface area contributed by atoms with Gasteiger partial charge in [-0.1, -0.05) is 6.07 Å². The van der Waals surface area contributed by atoms with Gasteiger partial charge in [-0.05, 0) is 11.6 Å². The van der Waals surface area contributed by atoms with Crippen LogP contribution in [-0.2, 0) is 37.8 Å². The van der Waals surface area contributed by atoms with Gasteiger partial charge in [0.2, 0.25) is 5.91 Å². The van der Waals surface area contributed by atoms with Crippen molar-refractivity contribution in [2.24, 2.45) is 0 Å². The van der Waals surface area contributed by atoms with Crippen LogP contribution < -0.4 is 5.32 Å². The van der Waals surface area contributed by atoms with Gasteiger partial charge in [0.25, 0.3) is 5.91 Å². The van der Waals surface area contributed by atoms with E-state index in [1.807, 2.05) is 22.9 Å². The lowest BCUT2D eigenvalue weighted by atomic mass is 9.88. The minimum Gasteiger partial charge on any atom is -0.375 e. The maximum absolute atomic E-state index is 12.8. The molecule has 2 amide bonds. The smallest absolute Gasteiger partial charge is 0.251 e. The zero-order valence-electron chi connectivity index (χ0n) is 16.4. The summed E-state index contributed by atoms with van der Waals surface area (Å²) in [6, 6.07) is 3.75. The van der Waals surface area contributed by atoms with Crippen molar-refractivity contribution < 1.29 is 19.1 Å². The molecule has 0 unspecified atom stereocenters. The van der Waals surface area contributed by atoms with Crippen LogP contribution >= 0.6 is 0 Å². The van der Waals surface area contributed by atoms with Gasteiger partial charge in [-0.2, -0.15) is 0 Å². The van der Waals surface area contributed by atoms with Gasteiger partial charge in [0, 0.05) is 64.4 Å². The van der Waals surface area contributed by atoms with Gasteiger partial charge in [-0.25, -0.2) is 4.98 Å². The number of rotatable bonds is 5. The fourth-order valence-electron chi connectivity index (χ4n) is 4.01. The third kappa shape index (κ3) is 4.01. The van der Waals surface area contributed by atoms with Crippen LogP contribution in [0, 0.1) is 0 Å². The van der Waals surface area contributed by atoms with Gasteiger partial charge >= 0.3 is 0 Å². The van der Waals surface area contributed by atoms with Gasteiger partial charge in [0.15, 0.2) is 6.10 Å². The van der Waals surface area contributed by atoms with Crippen molar-refractivity contribution in [3.63, 3.8) is 0 Å². The molecule has 0 bridgehead atoms. The molecule has 2 aliphatic rings. The SMILES string of the molecule is COCC(=O)N1CCC2(CC1)O[C@@H](C(=O)NCc1cccnc1)Cn1ccnc12. The predicted molar refractivity (Wildman–Crippen MR) is 103 cm³/mol. The lowest BCUT2D eigenvalue weighted by Gasteiger charge is -2.45. The van der Waals surface area contributed by atoms with Crippen molar-refractivity contribution in [2.45, 2.75) is 37.6 Å². The van der Waals surface area contributed by atoms with E-state index in [-0.39, 0.29) is 18.4 Å². The van der Waals surface area contributed by atoms with Crippen molar-refractivity contribution in [1.29, 1.82) is 0 Å². The molecule has 1 fully saturated rings. The second-order valence-electron chi connectivity index (χ2n) is 7.40. The molecular weight excluding hydrogens is 374 g/mol. The average molecular weight is 399 g/mol. The molecule has 9 nitrogen and oxygen atoms in total. The Morgan fingerprint density at radius 1 is 1.34 bits per heavy atom. The van der Waals surface area contributed by atoms with Crippen LogP contribution in [0.25, 0.3) is 0 Å². The van der Waals surface area contributed by atoms with Gasteiger partial charge in [0.05, 0.1) is 6.54 Å². The highest BCUT2D eigenvalue weighted by Gasteiger charge is 2.47. The van der Waals surface area contributed by atoms with Crippen LogP contribution in [0.4, 0.5) is 0 Å². The van der Waals surface area contributed by atoms with E-state index in [4.69, 9.17) is 9.47 Å². The van der Waals surface area contributed by atoms with Crippen LogP contribution in [0.5, 0.6) is 0 Å². The topological polar surface area (TPSA) is 98.6 Å². The molecule has 29 heavy (non-hydrogen) atoms. The van der Waals surface area contributed by atoms with Crippen molar-refractivity contribution in [1.82, 2.24) is 24.8 Å². The molecule has 1 saturated heterocycles. The Morgan fingerprint density at radius 3 is 2.90 bits per heavy atom. The molecule has 0 saturated carbocycles. The Hall–Kier alpha value is -2.78. The number of pyridine rings is 1. The highest BCUT2D eigenvalue weighted by molar-refractivity contribution is 5.81. The standard InChI is InChI=1S/C20H25N5O4/c1-28-14-17(26)24-8-4-20(5-9-24)19-22-7-10-25(19)13-16(29-20)18(27)23-12-15-3-2-6-21-11-15/h2-3,6-7,10-11,16H,4-5,8-9,12-14H2,1H3,(H,23,27)/t16-/m1/s1. The van der Waals surface area contributed by atoms with Crippen molar-refractivity contribution in [3.05, 3.63) is 48.3 Å². The molecule has 1 N–H and O–H groups in total. The Balaban J connectivity index is 1.45. The van der Waals surface area contributed by atoms with E-state index in [0.29, 0.717) is 39.0 Å². The van der Waals surface area contributed by atoms with Crippen LogP contribution in [-0.4, -0.2) is 64.2 Å². The first-order valence-electron chi connectivity index (χ1n) is 9.74. The maximum atomic E-state index is 12.8. The Morgan fingerprint density at radius 2 is 2.17 bits per heavy atom. The summed E-state index contributed by atoms with van der Waals surface area (Å²) in [6.45, 7) is 1.97. The number of hydrogen-bond acceptors (Lipinski definition) is 6. The third-order valence-corrected chi connectivity index (χ3v) is 5.53. The van der Waals surface area contributed by atoms with Gasteiger partial charge in [-0.3, -0.25) is 14.6 Å². The van der Waals surface area contributed by atoms with Crippen molar-refractivity contribution in [2.75, 3.05) is 26.8 Å². The molecule has 1 spiro atoms. The molecule has 2 aromatic heterocycles. The highest BCUT2D eigenvalue weighted by atomic mass is 16.5. The number of amides is 2. The summed E-state index contributed by atoms with van der Waals surface area (Å²) in [5.74, 6) is 0.630. The number of carbonyl (C=O) groups excluding carboxylic acids is 2. The first-order valence-corrected chi connectivity index (χ1v) is 9.74. The number of piperidine rings is 1. The molecule has 2 aliphatic heterocycles. The zero-order chi connectivity index (χ0) is 20.3. The number of carbonyl (C=O) groups is 2. The molecule has 0 aromatic carbocycles. The monoisotopic (exact) mass is 399 g/mol. The second kappa shape index (κ2) is 8.30. The van der Waals surface area contributed by atoms with Crippen LogP contribution in [0.15, 0.2) is 36.9 Å². The molecule has 4 rings (SSSR count). The van der Waals surface area contributed by atoms with Gasteiger partial charge in [0.1, 0.15) is 18.0 Å². The van der Waals surface area contributed by atoms with Crippen LogP contribution in [0.3, 0.4) is 0 Å². The third-order valence-electron chi connectivity index (χ3n) is 5.53. The number of aromatic nitrogens is 3. The number of ether oxygens (including phenoxy) is 2. The van der Waals surface area contributed by atoms with E-state index < -0.39 is 11.7 Å². The minimum atomic E-state index is -0.665. The van der Waals surface area contributed by atoms with E-state index in [2.05, 4.69) is 15.3 Å². The molecule has 4 heterocycles. The number of fused-ring (bicyclic) bond motifs is 2. The van der Waals surface area contributed by atoms with Crippen LogP contribution in [0.2, 0.25) is 0 Å². The van der Waals surface area contributed by atoms with E-state index >= 15 is 0 Å². The van der Waals surface area contributed by atoms with E-state index in [0.717, 1.165) is 11.4 Å². The fraction of sp³-hybridized carbons (Fsp3) is 0.500. The lowest BCUT2D eigenvalue weighted by molar-refractivity contribution is -0.176. The zero-order valence-corrected chi connectivity index (χ0v) is 16.4. The summed E-state index contributed by atoms with van der Waals surface area (Å²) in [5.41, 5.74) is 0.265. The number of methoxy groups -OCH3 is 1. The van der Waals surface area contributed by atoms with Gasteiger partial charge < -0.3 is 24.3 Å². The normalized spacial score (nSPS) is 20.3. The maximum Gasteiger partial charge on any atom is 0.251 e. The van der Waals surface area contributed by atoms with E-state index in [9.17, 15) is 9.59 Å². The minimum absolute atomic E-state index is 0.0349. The molecule has 0 radical (unpaired) electrons. The van der Waals surface area contributed by atoms with Gasteiger partial charge in [-0.15, -0.1) is 0 Å². The average Bonchev–Trinajstić information content (AvgIpc) is 3.23. The summed E-state index contributed by atoms with van der Waals surface area (Å²) >= 11 is 0. The Labute approximate surface area is 169 Å². The van der Waals surface area contributed by atoms with E-state index in [1.165, 1.54) is 7.11 Å². The summed E-state index contributed by atoms with van der Waals surface area (Å²) in [4.78, 5) is 35.3. The molecule has 9 heteroatoms. The number of nitrogens with zero attached hydrogens (tertiary/aromatic N) is 4. The first kappa shape index (κ1) is 19.5. The first-order chi connectivity index (χ1) is 14.1. The fourth-order valence-corrected chi connectivity index (χ4v) is 4.01. The number of nitrogens with one attached hydrogen (secondary N) is 1. The number of likely N-dealkylation sites (tertiary alicyclic amines) is 1. The summed E-state index contributed by atoms with van der Waals surface area (Å²) < 4.78 is 13.3. The summed E-state index contributed by atoms with van der Waals surface area (Å²) in [6.07, 6.45) is 7.60. The second-order valence-corrected chi connectivity index (χ2v) is 7.40. The summed E-state index contributed by atoms with van der Waals surface area (Å²) in [5, 5.41) is 2.94. The molecular formula is C20H25N5O4. The molecule has 2 aromatic rings. The highest BCUT2D eigenvalue weighted by Crippen LogP contribution is 2.40. The van der Waals surface area contributed by atoms with Crippen molar-refractivity contribution in [3.8, 4) is 0 Å². The largest absolute Gasteiger partial charge is 0.375 e.